The summed E-state index contributed by atoms with van der Waals surface area (Å²) in [5.41, 5.74) is 9.98. The van der Waals surface area contributed by atoms with Crippen molar-refractivity contribution < 1.29 is 0 Å². The zero-order chi connectivity index (χ0) is 33.0. The zero-order valence-electron chi connectivity index (χ0n) is 27.5. The van der Waals surface area contributed by atoms with Gasteiger partial charge >= 0.3 is 0 Å². The SMILES string of the molecule is c1ccc(-c2ccc3cc(-c4ccc5c(ccc6cc(-c7ccc(-c8ccc9ccccc9c8)c8ccccc78)ccc65)c4)ccc3c2)cc1. The Balaban J connectivity index is 1.00. The van der Waals surface area contributed by atoms with Crippen molar-refractivity contribution in [2.75, 3.05) is 0 Å². The van der Waals surface area contributed by atoms with Crippen LogP contribution in [0.4, 0.5) is 0 Å². The maximum absolute atomic E-state index is 2.35. The lowest BCUT2D eigenvalue weighted by molar-refractivity contribution is 1.64. The van der Waals surface area contributed by atoms with Crippen LogP contribution < -0.4 is 0 Å². The van der Waals surface area contributed by atoms with E-state index in [1.807, 2.05) is 0 Å². The van der Waals surface area contributed by atoms with Crippen molar-refractivity contribution in [2.24, 2.45) is 0 Å². The van der Waals surface area contributed by atoms with Gasteiger partial charge in [0.1, 0.15) is 0 Å². The molecule has 0 bridgehead atoms. The Hall–Kier alpha value is -6.50. The summed E-state index contributed by atoms with van der Waals surface area (Å²) in [5.74, 6) is 0. The molecule has 10 aromatic carbocycles. The molecule has 10 rings (SSSR count). The molecule has 0 amide bonds. The Bertz CT molecular complexity index is 2910. The van der Waals surface area contributed by atoms with Gasteiger partial charge in [-0.1, -0.05) is 164 Å². The van der Waals surface area contributed by atoms with Gasteiger partial charge in [-0.25, -0.2) is 0 Å². The minimum Gasteiger partial charge on any atom is -0.0622 e. The summed E-state index contributed by atoms with van der Waals surface area (Å²) in [7, 11) is 0. The fourth-order valence-electron chi connectivity index (χ4n) is 7.81. The minimum atomic E-state index is 1.24. The summed E-state index contributed by atoms with van der Waals surface area (Å²) in [5, 5.41) is 12.7. The number of benzene rings is 10. The smallest absolute Gasteiger partial charge is 0.00992 e. The molecule has 0 N–H and O–H groups in total. The molecule has 10 aromatic rings. The van der Waals surface area contributed by atoms with E-state index in [2.05, 4.69) is 194 Å². The first-order valence-corrected chi connectivity index (χ1v) is 17.3. The molecule has 0 heteroatoms. The van der Waals surface area contributed by atoms with E-state index in [9.17, 15) is 0 Å². The fraction of sp³-hybridized carbons (Fsp3) is 0. The van der Waals surface area contributed by atoms with Gasteiger partial charge in [0, 0.05) is 0 Å². The Kier molecular flexibility index (Phi) is 6.60. The van der Waals surface area contributed by atoms with Crippen LogP contribution in [0.15, 0.2) is 194 Å². The molecule has 0 aromatic heterocycles. The molecule has 0 aliphatic carbocycles. The third-order valence-corrected chi connectivity index (χ3v) is 10.4. The van der Waals surface area contributed by atoms with Crippen molar-refractivity contribution in [1.29, 1.82) is 0 Å². The Morgan fingerprint density at radius 3 is 1.20 bits per heavy atom. The van der Waals surface area contributed by atoms with Crippen LogP contribution in [0.1, 0.15) is 0 Å². The molecule has 0 nitrogen and oxygen atoms in total. The van der Waals surface area contributed by atoms with Gasteiger partial charge in [-0.3, -0.25) is 0 Å². The summed E-state index contributed by atoms with van der Waals surface area (Å²) in [6.45, 7) is 0. The van der Waals surface area contributed by atoms with Crippen molar-refractivity contribution >= 4 is 53.9 Å². The summed E-state index contributed by atoms with van der Waals surface area (Å²) in [4.78, 5) is 0. The van der Waals surface area contributed by atoms with Crippen LogP contribution in [0, 0.1) is 0 Å². The van der Waals surface area contributed by atoms with Gasteiger partial charge in [-0.2, -0.15) is 0 Å². The summed E-state index contributed by atoms with van der Waals surface area (Å²) >= 11 is 0. The highest BCUT2D eigenvalue weighted by Gasteiger charge is 2.12. The second kappa shape index (κ2) is 11.6. The average Bonchev–Trinajstić information content (AvgIpc) is 3.19. The van der Waals surface area contributed by atoms with Crippen LogP contribution in [0.2, 0.25) is 0 Å². The molecule has 0 atom stereocenters. The molecule has 0 heterocycles. The van der Waals surface area contributed by atoms with Crippen molar-refractivity contribution in [3.05, 3.63) is 194 Å². The maximum atomic E-state index is 2.35. The predicted octanol–water partition coefficient (Wildman–Crippen LogP) is 14.1. The van der Waals surface area contributed by atoms with E-state index in [1.54, 1.807) is 0 Å². The van der Waals surface area contributed by atoms with E-state index in [-0.39, 0.29) is 0 Å². The summed E-state index contributed by atoms with van der Waals surface area (Å²) in [6, 6.07) is 71.4. The Morgan fingerprint density at radius 2 is 0.560 bits per heavy atom. The monoisotopic (exact) mass is 632 g/mol. The molecule has 0 aliphatic rings. The lowest BCUT2D eigenvalue weighted by Crippen LogP contribution is -1.87. The van der Waals surface area contributed by atoms with Gasteiger partial charge in [0.25, 0.3) is 0 Å². The van der Waals surface area contributed by atoms with E-state index in [4.69, 9.17) is 0 Å². The van der Waals surface area contributed by atoms with E-state index in [0.717, 1.165) is 0 Å². The quantitative estimate of drug-likeness (QED) is 0.169. The normalized spacial score (nSPS) is 11.6. The van der Waals surface area contributed by atoms with E-state index in [0.29, 0.717) is 0 Å². The molecule has 0 saturated carbocycles. The highest BCUT2D eigenvalue weighted by Crippen LogP contribution is 2.39. The van der Waals surface area contributed by atoms with Gasteiger partial charge in [0.15, 0.2) is 0 Å². The van der Waals surface area contributed by atoms with Gasteiger partial charge in [0.05, 0.1) is 0 Å². The zero-order valence-corrected chi connectivity index (χ0v) is 27.5. The number of fused-ring (bicyclic) bond motifs is 6. The molecule has 0 radical (unpaired) electrons. The first kappa shape index (κ1) is 28.5. The second-order valence-corrected chi connectivity index (χ2v) is 13.3. The highest BCUT2D eigenvalue weighted by molar-refractivity contribution is 6.11. The maximum Gasteiger partial charge on any atom is -0.00992 e. The molecule has 0 saturated heterocycles. The van der Waals surface area contributed by atoms with Crippen LogP contribution in [0.3, 0.4) is 0 Å². The van der Waals surface area contributed by atoms with E-state index < -0.39 is 0 Å². The van der Waals surface area contributed by atoms with Crippen molar-refractivity contribution in [2.45, 2.75) is 0 Å². The molecule has 0 unspecified atom stereocenters. The van der Waals surface area contributed by atoms with Gasteiger partial charge < -0.3 is 0 Å². The largest absolute Gasteiger partial charge is 0.0622 e. The molecule has 50 heavy (non-hydrogen) atoms. The second-order valence-electron chi connectivity index (χ2n) is 13.3. The van der Waals surface area contributed by atoms with E-state index in [1.165, 1.54) is 98.4 Å². The third-order valence-electron chi connectivity index (χ3n) is 10.4. The first-order chi connectivity index (χ1) is 24.7. The standard InChI is InChI=1S/C50H32/c1-2-8-33(9-3-1)36-15-16-38-29-39(18-17-37(38)28-36)40-22-24-45-41(31-40)20-21-43-32-44(23-25-46(43)45)48-27-26-47(49-12-6-7-13-50(48)49)42-19-14-34-10-4-5-11-35(34)30-42/h1-32H. The molecule has 232 valence electrons. The molecular formula is C50H32. The van der Waals surface area contributed by atoms with Crippen molar-refractivity contribution in [3.8, 4) is 44.5 Å². The average molecular weight is 633 g/mol. The summed E-state index contributed by atoms with van der Waals surface area (Å²) < 4.78 is 0. The van der Waals surface area contributed by atoms with Crippen molar-refractivity contribution in [3.63, 3.8) is 0 Å². The van der Waals surface area contributed by atoms with Crippen molar-refractivity contribution in [1.82, 2.24) is 0 Å². The third kappa shape index (κ3) is 4.85. The van der Waals surface area contributed by atoms with Crippen LogP contribution in [0.25, 0.3) is 98.4 Å². The van der Waals surface area contributed by atoms with Gasteiger partial charge in [0.2, 0.25) is 0 Å². The van der Waals surface area contributed by atoms with Crippen LogP contribution in [-0.4, -0.2) is 0 Å². The Labute approximate surface area is 291 Å². The molecule has 0 aliphatic heterocycles. The number of hydrogen-bond acceptors (Lipinski definition) is 0. The topological polar surface area (TPSA) is 0 Å². The fourth-order valence-corrected chi connectivity index (χ4v) is 7.81. The molecule has 0 spiro atoms. The van der Waals surface area contributed by atoms with Crippen LogP contribution >= 0.6 is 0 Å². The van der Waals surface area contributed by atoms with Gasteiger partial charge in [-0.15, -0.1) is 0 Å². The first-order valence-electron chi connectivity index (χ1n) is 17.3. The summed E-state index contributed by atoms with van der Waals surface area (Å²) in [6.07, 6.45) is 0. The molecule has 0 fully saturated rings. The highest BCUT2D eigenvalue weighted by atomic mass is 14.2. The van der Waals surface area contributed by atoms with Gasteiger partial charge in [-0.05, 0) is 129 Å². The molecular weight excluding hydrogens is 601 g/mol. The van der Waals surface area contributed by atoms with Crippen LogP contribution in [-0.2, 0) is 0 Å². The minimum absolute atomic E-state index is 1.24. The number of rotatable bonds is 4. The predicted molar refractivity (Wildman–Crippen MR) is 216 cm³/mol. The lowest BCUT2D eigenvalue weighted by Gasteiger charge is -2.14. The number of hydrogen-bond donors (Lipinski definition) is 0. The van der Waals surface area contributed by atoms with E-state index >= 15 is 0 Å². The lowest BCUT2D eigenvalue weighted by atomic mass is 9.90. The van der Waals surface area contributed by atoms with Crippen LogP contribution in [0.5, 0.6) is 0 Å². The Morgan fingerprint density at radius 1 is 0.180 bits per heavy atom.